The molecular formula is C12H17BrOS. The third kappa shape index (κ3) is 3.05. The van der Waals surface area contributed by atoms with Gasteiger partial charge in [0.2, 0.25) is 0 Å². The maximum Gasteiger partial charge on any atom is 0.0508 e. The predicted octanol–water partition coefficient (Wildman–Crippen LogP) is 3.65. The van der Waals surface area contributed by atoms with Crippen LogP contribution < -0.4 is 0 Å². The number of alkyl halides is 1. The molecular weight excluding hydrogens is 272 g/mol. The van der Waals surface area contributed by atoms with Gasteiger partial charge in [-0.1, -0.05) is 22.9 Å². The zero-order valence-corrected chi connectivity index (χ0v) is 11.4. The van der Waals surface area contributed by atoms with Crippen molar-refractivity contribution in [1.29, 1.82) is 0 Å². The molecule has 0 saturated carbocycles. The summed E-state index contributed by atoms with van der Waals surface area (Å²) in [6.07, 6.45) is 3.47. The standard InChI is InChI=1S/C12H17BrOS/c1-2-10-3-4-11(15-10)7-9-8-14-6-5-12(9)13/h3-4,9,12H,2,5-8H2,1H3. The summed E-state index contributed by atoms with van der Waals surface area (Å²) in [4.78, 5) is 3.64. The molecule has 1 aromatic rings. The summed E-state index contributed by atoms with van der Waals surface area (Å²) < 4.78 is 5.53. The highest BCUT2D eigenvalue weighted by Crippen LogP contribution is 2.28. The van der Waals surface area contributed by atoms with Crippen LogP contribution in [-0.4, -0.2) is 18.0 Å². The van der Waals surface area contributed by atoms with E-state index in [2.05, 4.69) is 35.0 Å². The first kappa shape index (κ1) is 11.6. The number of ether oxygens (including phenoxy) is 1. The molecule has 0 amide bonds. The van der Waals surface area contributed by atoms with Gasteiger partial charge in [-0.2, -0.15) is 0 Å². The third-order valence-electron chi connectivity index (χ3n) is 2.91. The fourth-order valence-corrected chi connectivity index (χ4v) is 3.52. The van der Waals surface area contributed by atoms with E-state index in [4.69, 9.17) is 4.74 Å². The Morgan fingerprint density at radius 1 is 1.47 bits per heavy atom. The highest BCUT2D eigenvalue weighted by Gasteiger charge is 2.23. The Labute approximate surface area is 104 Å². The summed E-state index contributed by atoms with van der Waals surface area (Å²) in [5.74, 6) is 0.655. The van der Waals surface area contributed by atoms with Gasteiger partial charge in [0.25, 0.3) is 0 Å². The van der Waals surface area contributed by atoms with Gasteiger partial charge in [0.05, 0.1) is 6.61 Å². The average Bonchev–Trinajstić information content (AvgIpc) is 2.69. The average molecular weight is 289 g/mol. The minimum Gasteiger partial charge on any atom is -0.381 e. The number of hydrogen-bond donors (Lipinski definition) is 0. The molecule has 15 heavy (non-hydrogen) atoms. The zero-order chi connectivity index (χ0) is 10.7. The van der Waals surface area contributed by atoms with Crippen LogP contribution >= 0.6 is 27.3 Å². The monoisotopic (exact) mass is 288 g/mol. The molecule has 0 bridgehead atoms. The summed E-state index contributed by atoms with van der Waals surface area (Å²) in [5, 5.41) is 0. The molecule has 1 nitrogen and oxygen atoms in total. The first-order valence-corrected chi connectivity index (χ1v) is 7.32. The van der Waals surface area contributed by atoms with Crippen LogP contribution in [0.1, 0.15) is 23.1 Å². The van der Waals surface area contributed by atoms with Gasteiger partial charge in [-0.05, 0) is 37.3 Å². The first-order chi connectivity index (χ1) is 7.29. The molecule has 0 radical (unpaired) electrons. The Morgan fingerprint density at radius 2 is 2.27 bits per heavy atom. The summed E-state index contributed by atoms with van der Waals surface area (Å²) in [6, 6.07) is 4.53. The fraction of sp³-hybridized carbons (Fsp3) is 0.667. The second-order valence-corrected chi connectivity index (χ2v) is 6.49. The van der Waals surface area contributed by atoms with Crippen LogP contribution in [0.5, 0.6) is 0 Å². The molecule has 2 unspecified atom stereocenters. The van der Waals surface area contributed by atoms with Gasteiger partial charge >= 0.3 is 0 Å². The molecule has 1 saturated heterocycles. The number of aryl methyl sites for hydroxylation is 1. The van der Waals surface area contributed by atoms with Crippen LogP contribution in [0.15, 0.2) is 12.1 Å². The van der Waals surface area contributed by atoms with E-state index in [0.717, 1.165) is 26.1 Å². The Morgan fingerprint density at radius 3 is 2.93 bits per heavy atom. The smallest absolute Gasteiger partial charge is 0.0508 e. The van der Waals surface area contributed by atoms with Crippen LogP contribution in [-0.2, 0) is 17.6 Å². The van der Waals surface area contributed by atoms with Gasteiger partial charge in [0, 0.05) is 21.2 Å². The second-order valence-electron chi connectivity index (χ2n) is 4.07. The lowest BCUT2D eigenvalue weighted by Crippen LogP contribution is -2.29. The molecule has 1 fully saturated rings. The van der Waals surface area contributed by atoms with E-state index in [1.54, 1.807) is 0 Å². The summed E-state index contributed by atoms with van der Waals surface area (Å²) in [6.45, 7) is 4.04. The van der Waals surface area contributed by atoms with Crippen LogP contribution in [0.2, 0.25) is 0 Å². The molecule has 1 aromatic heterocycles. The molecule has 0 spiro atoms. The lowest BCUT2D eigenvalue weighted by molar-refractivity contribution is 0.0608. The normalized spacial score (nSPS) is 26.8. The van der Waals surface area contributed by atoms with E-state index >= 15 is 0 Å². The van der Waals surface area contributed by atoms with Crippen LogP contribution in [0.3, 0.4) is 0 Å². The second kappa shape index (κ2) is 5.46. The first-order valence-electron chi connectivity index (χ1n) is 5.59. The maximum atomic E-state index is 5.53. The van der Waals surface area contributed by atoms with E-state index < -0.39 is 0 Å². The molecule has 1 aliphatic heterocycles. The van der Waals surface area contributed by atoms with E-state index in [1.165, 1.54) is 16.2 Å². The molecule has 0 aromatic carbocycles. The topological polar surface area (TPSA) is 9.23 Å². The van der Waals surface area contributed by atoms with Crippen LogP contribution in [0.4, 0.5) is 0 Å². The largest absolute Gasteiger partial charge is 0.381 e. The van der Waals surface area contributed by atoms with E-state index in [0.29, 0.717) is 10.7 Å². The highest BCUT2D eigenvalue weighted by atomic mass is 79.9. The van der Waals surface area contributed by atoms with Gasteiger partial charge in [0.1, 0.15) is 0 Å². The number of halogens is 1. The third-order valence-corrected chi connectivity index (χ3v) is 5.37. The summed E-state index contributed by atoms with van der Waals surface area (Å²) in [7, 11) is 0. The molecule has 1 aliphatic rings. The Bertz CT molecular complexity index is 310. The molecule has 2 heterocycles. The Kier molecular flexibility index (Phi) is 4.23. The van der Waals surface area contributed by atoms with Gasteiger partial charge in [-0.25, -0.2) is 0 Å². The minimum atomic E-state index is 0.637. The molecule has 0 N–H and O–H groups in total. The van der Waals surface area contributed by atoms with Crippen molar-refractivity contribution < 1.29 is 4.74 Å². The fourth-order valence-electron chi connectivity index (χ4n) is 1.94. The van der Waals surface area contributed by atoms with E-state index in [9.17, 15) is 0 Å². The van der Waals surface area contributed by atoms with Crippen molar-refractivity contribution in [3.63, 3.8) is 0 Å². The molecule has 2 rings (SSSR count). The van der Waals surface area contributed by atoms with Gasteiger partial charge < -0.3 is 4.74 Å². The number of rotatable bonds is 3. The Hall–Kier alpha value is 0.140. The molecule has 2 atom stereocenters. The van der Waals surface area contributed by atoms with Crippen molar-refractivity contribution >= 4 is 27.3 Å². The lowest BCUT2D eigenvalue weighted by Gasteiger charge is -2.27. The SMILES string of the molecule is CCc1ccc(CC2COCCC2Br)s1. The maximum absolute atomic E-state index is 5.53. The zero-order valence-electron chi connectivity index (χ0n) is 9.04. The van der Waals surface area contributed by atoms with Crippen molar-refractivity contribution in [2.75, 3.05) is 13.2 Å². The van der Waals surface area contributed by atoms with Gasteiger partial charge in [-0.3, -0.25) is 0 Å². The van der Waals surface area contributed by atoms with Crippen molar-refractivity contribution in [2.24, 2.45) is 5.92 Å². The Balaban J connectivity index is 1.95. The molecule has 3 heteroatoms. The summed E-state index contributed by atoms with van der Waals surface area (Å²) >= 11 is 5.71. The predicted molar refractivity (Wildman–Crippen MR) is 69.0 cm³/mol. The van der Waals surface area contributed by atoms with E-state index in [-0.39, 0.29) is 0 Å². The van der Waals surface area contributed by atoms with Gasteiger partial charge in [-0.15, -0.1) is 11.3 Å². The van der Waals surface area contributed by atoms with Crippen molar-refractivity contribution in [2.45, 2.75) is 31.0 Å². The van der Waals surface area contributed by atoms with E-state index in [1.807, 2.05) is 11.3 Å². The van der Waals surface area contributed by atoms with Crippen molar-refractivity contribution in [1.82, 2.24) is 0 Å². The summed E-state index contributed by atoms with van der Waals surface area (Å²) in [5.41, 5.74) is 0. The molecule has 0 aliphatic carbocycles. The van der Waals surface area contributed by atoms with Crippen molar-refractivity contribution in [3.8, 4) is 0 Å². The quantitative estimate of drug-likeness (QED) is 0.772. The minimum absolute atomic E-state index is 0.637. The van der Waals surface area contributed by atoms with Crippen LogP contribution in [0.25, 0.3) is 0 Å². The van der Waals surface area contributed by atoms with Crippen molar-refractivity contribution in [3.05, 3.63) is 21.9 Å². The molecule has 84 valence electrons. The number of thiophene rings is 1. The highest BCUT2D eigenvalue weighted by molar-refractivity contribution is 9.09. The number of hydrogen-bond acceptors (Lipinski definition) is 2. The van der Waals surface area contributed by atoms with Crippen LogP contribution in [0, 0.1) is 5.92 Å². The lowest BCUT2D eigenvalue weighted by atomic mass is 9.98. The van der Waals surface area contributed by atoms with Gasteiger partial charge in [0.15, 0.2) is 0 Å².